The second-order valence-electron chi connectivity index (χ2n) is 7.10. The Morgan fingerprint density at radius 2 is 1.74 bits per heavy atom. The molecule has 0 spiro atoms. The number of amides is 1. The number of hydrogen-bond acceptors (Lipinski definition) is 1. The number of carbonyl (C=O) groups is 1. The summed E-state index contributed by atoms with van der Waals surface area (Å²) < 4.78 is 0. The van der Waals surface area contributed by atoms with E-state index in [1.165, 1.54) is 48.9 Å². The lowest BCUT2D eigenvalue weighted by atomic mass is 10.1. The summed E-state index contributed by atoms with van der Waals surface area (Å²) in [7, 11) is -1.13. The first-order valence-electron chi connectivity index (χ1n) is 9.27. The normalized spacial score (nSPS) is 18.4. The van der Waals surface area contributed by atoms with E-state index in [-0.39, 0.29) is 5.66 Å². The summed E-state index contributed by atoms with van der Waals surface area (Å²) in [6.45, 7) is 8.72. The molecule has 1 heterocycles. The molecular weight excluding hydrogens is 301 g/mol. The van der Waals surface area contributed by atoms with E-state index >= 15 is 0 Å². The topological polar surface area (TPSA) is 29.1 Å². The van der Waals surface area contributed by atoms with Gasteiger partial charge in [-0.15, -0.1) is 0 Å². The molecule has 0 aliphatic carbocycles. The van der Waals surface area contributed by atoms with Gasteiger partial charge in [-0.25, -0.2) is 0 Å². The van der Waals surface area contributed by atoms with Gasteiger partial charge in [-0.1, -0.05) is 31.5 Å². The zero-order valence-electron chi connectivity index (χ0n) is 15.3. The first-order chi connectivity index (χ1) is 11.0. The number of hydrogen-bond donors (Lipinski definition) is 1. The van der Waals surface area contributed by atoms with E-state index in [1.54, 1.807) is 0 Å². The van der Waals surface area contributed by atoms with Crippen LogP contribution in [-0.4, -0.2) is 30.1 Å². The molecule has 1 unspecified atom stereocenters. The van der Waals surface area contributed by atoms with Crippen LogP contribution in [0.4, 0.5) is 5.69 Å². The zero-order valence-corrected chi connectivity index (χ0v) is 16.2. The molecule has 1 aliphatic rings. The molecule has 0 bridgehead atoms. The monoisotopic (exact) mass is 334 g/mol. The first kappa shape index (κ1) is 18.5. The summed E-state index contributed by atoms with van der Waals surface area (Å²) in [5.41, 5.74) is 3.63. The molecule has 0 saturated carbocycles. The van der Waals surface area contributed by atoms with E-state index in [4.69, 9.17) is 0 Å². The van der Waals surface area contributed by atoms with Gasteiger partial charge in [0.25, 0.3) is 5.91 Å². The van der Waals surface area contributed by atoms with E-state index in [1.807, 2.05) is 0 Å². The third-order valence-corrected chi connectivity index (χ3v) is 11.1. The molecule has 3 heteroatoms. The highest BCUT2D eigenvalue weighted by Crippen LogP contribution is 2.66. The van der Waals surface area contributed by atoms with Crippen molar-refractivity contribution in [3.8, 4) is 0 Å². The highest BCUT2D eigenvalue weighted by atomic mass is 31.2. The fraction of sp³-hybridized carbons (Fsp3) is 0.650. The van der Waals surface area contributed by atoms with Crippen LogP contribution in [0.2, 0.25) is 0 Å². The minimum Gasteiger partial charge on any atom is -0.322 e. The molecule has 23 heavy (non-hydrogen) atoms. The second kappa shape index (κ2) is 8.29. The molecule has 128 valence electrons. The Hall–Kier alpha value is -0.880. The van der Waals surface area contributed by atoms with Gasteiger partial charge in [-0.3, -0.25) is 4.79 Å². The minimum atomic E-state index is -1.13. The van der Waals surface area contributed by atoms with Gasteiger partial charge in [0, 0.05) is 12.9 Å². The van der Waals surface area contributed by atoms with Crippen LogP contribution in [-0.2, 0) is 4.79 Å². The van der Waals surface area contributed by atoms with Crippen LogP contribution in [0.3, 0.4) is 0 Å². The Balaban J connectivity index is 2.24. The van der Waals surface area contributed by atoms with Crippen molar-refractivity contribution in [2.45, 2.75) is 65.5 Å². The molecule has 1 saturated heterocycles. The van der Waals surface area contributed by atoms with E-state index < -0.39 is 7.26 Å². The van der Waals surface area contributed by atoms with Crippen LogP contribution in [0, 0.1) is 13.8 Å². The van der Waals surface area contributed by atoms with Crippen LogP contribution < -0.4 is 5.32 Å². The number of rotatable bonds is 6. The predicted molar refractivity (Wildman–Crippen MR) is 104 cm³/mol. The maximum absolute atomic E-state index is 13.2. The van der Waals surface area contributed by atoms with Crippen molar-refractivity contribution in [1.82, 2.24) is 0 Å². The smallest absolute Gasteiger partial charge is 0.265 e. The Bertz CT molecular complexity index is 514. The Labute approximate surface area is 142 Å². The van der Waals surface area contributed by atoms with Gasteiger partial charge in [-0.05, 0) is 57.6 Å². The first-order valence-corrected chi connectivity index (χ1v) is 11.7. The Morgan fingerprint density at radius 1 is 1.13 bits per heavy atom. The van der Waals surface area contributed by atoms with Crippen molar-refractivity contribution in [1.29, 1.82) is 0 Å². The quantitative estimate of drug-likeness (QED) is 0.671. The standard InChI is InChI=1S/C20H32NOP/c1-5-11-18(23(6-2)14-8-7-9-15-23)20(22)21-19-16(3)12-10-13-17(19)4/h10,12-13,18H,5-9,11,14-15H2,1-4H3/p+1. The average Bonchev–Trinajstić information content (AvgIpc) is 2.56. The van der Waals surface area contributed by atoms with Crippen LogP contribution in [0.15, 0.2) is 18.2 Å². The van der Waals surface area contributed by atoms with Crippen molar-refractivity contribution in [2.75, 3.05) is 23.8 Å². The molecule has 1 amide bonds. The Kier molecular flexibility index (Phi) is 6.65. The summed E-state index contributed by atoms with van der Waals surface area (Å²) in [6.07, 6.45) is 10.1. The third kappa shape index (κ3) is 4.15. The molecule has 1 aromatic rings. The van der Waals surface area contributed by atoms with E-state index in [9.17, 15) is 4.79 Å². The van der Waals surface area contributed by atoms with Gasteiger partial charge in [0.15, 0.2) is 0 Å². The minimum absolute atomic E-state index is 0.261. The Morgan fingerprint density at radius 3 is 2.26 bits per heavy atom. The third-order valence-electron chi connectivity index (χ3n) is 5.59. The molecule has 2 rings (SSSR count). The lowest BCUT2D eigenvalue weighted by Crippen LogP contribution is -2.35. The number of carbonyl (C=O) groups excluding carboxylic acids is 1. The number of nitrogens with one attached hydrogen (secondary N) is 1. The van der Waals surface area contributed by atoms with Gasteiger partial charge in [-0.2, -0.15) is 0 Å². The maximum Gasteiger partial charge on any atom is 0.265 e. The van der Waals surface area contributed by atoms with Crippen LogP contribution in [0.5, 0.6) is 0 Å². The SMILES string of the molecule is CCCC(C(=O)Nc1c(C)cccc1C)[P+]1(CC)CCCCC1. The summed E-state index contributed by atoms with van der Waals surface area (Å²) in [5, 5.41) is 3.31. The van der Waals surface area contributed by atoms with Crippen molar-refractivity contribution >= 4 is 18.9 Å². The molecule has 0 aromatic heterocycles. The molecule has 2 nitrogen and oxygen atoms in total. The van der Waals surface area contributed by atoms with Gasteiger partial charge in [0.1, 0.15) is 5.66 Å². The number of para-hydroxylation sites is 1. The highest BCUT2D eigenvalue weighted by molar-refractivity contribution is 7.77. The van der Waals surface area contributed by atoms with Gasteiger partial charge in [0.2, 0.25) is 0 Å². The molecule has 1 atom stereocenters. The molecule has 1 N–H and O–H groups in total. The van der Waals surface area contributed by atoms with E-state index in [2.05, 4.69) is 51.2 Å². The summed E-state index contributed by atoms with van der Waals surface area (Å²) in [5.74, 6) is 0.293. The molecule has 1 aliphatic heterocycles. The van der Waals surface area contributed by atoms with Gasteiger partial charge < -0.3 is 5.32 Å². The number of anilines is 1. The van der Waals surface area contributed by atoms with Crippen molar-refractivity contribution < 1.29 is 4.79 Å². The summed E-state index contributed by atoms with van der Waals surface area (Å²) >= 11 is 0. The number of benzene rings is 1. The molecule has 1 aromatic carbocycles. The van der Waals surface area contributed by atoms with E-state index in [0.717, 1.165) is 18.5 Å². The van der Waals surface area contributed by atoms with Gasteiger partial charge >= 0.3 is 0 Å². The lowest BCUT2D eigenvalue weighted by molar-refractivity contribution is -0.116. The van der Waals surface area contributed by atoms with Crippen molar-refractivity contribution in [3.05, 3.63) is 29.3 Å². The van der Waals surface area contributed by atoms with Crippen LogP contribution in [0.1, 0.15) is 57.1 Å². The van der Waals surface area contributed by atoms with Crippen LogP contribution in [0.25, 0.3) is 0 Å². The molecule has 0 radical (unpaired) electrons. The van der Waals surface area contributed by atoms with Crippen molar-refractivity contribution in [2.24, 2.45) is 0 Å². The van der Waals surface area contributed by atoms with Crippen molar-refractivity contribution in [3.63, 3.8) is 0 Å². The summed E-state index contributed by atoms with van der Waals surface area (Å²) in [4.78, 5) is 13.2. The van der Waals surface area contributed by atoms with Crippen LogP contribution >= 0.6 is 7.26 Å². The summed E-state index contributed by atoms with van der Waals surface area (Å²) in [6, 6.07) is 6.23. The molecule has 1 fully saturated rings. The largest absolute Gasteiger partial charge is 0.322 e. The maximum atomic E-state index is 13.2. The molecular formula is C20H33NOP+. The lowest BCUT2D eigenvalue weighted by Gasteiger charge is -2.36. The number of aryl methyl sites for hydroxylation is 2. The highest BCUT2D eigenvalue weighted by Gasteiger charge is 2.48. The predicted octanol–water partition coefficient (Wildman–Crippen LogP) is 5.63. The zero-order chi connectivity index (χ0) is 16.9. The fourth-order valence-corrected chi connectivity index (χ4v) is 9.13. The van der Waals surface area contributed by atoms with Gasteiger partial charge in [0.05, 0.1) is 18.5 Å². The average molecular weight is 334 g/mol. The van der Waals surface area contributed by atoms with E-state index in [0.29, 0.717) is 5.91 Å². The fourth-order valence-electron chi connectivity index (χ4n) is 4.14. The second-order valence-corrected chi connectivity index (χ2v) is 11.7.